The van der Waals surface area contributed by atoms with Gasteiger partial charge in [-0.3, -0.25) is 4.79 Å². The second-order valence-electron chi connectivity index (χ2n) is 5.04. The van der Waals surface area contributed by atoms with E-state index in [1.54, 1.807) is 0 Å². The third-order valence-corrected chi connectivity index (χ3v) is 3.61. The summed E-state index contributed by atoms with van der Waals surface area (Å²) in [6, 6.07) is 11.6. The SMILES string of the molecule is CCC[C@H]1Oc2ccc3ccccc3c2NC(=O)[C@@H]1O. The average molecular weight is 271 g/mol. The Labute approximate surface area is 117 Å². The normalized spacial score (nSPS) is 21.8. The predicted octanol–water partition coefficient (Wildman–Crippen LogP) is 2.70. The smallest absolute Gasteiger partial charge is 0.257 e. The van der Waals surface area contributed by atoms with Crippen molar-refractivity contribution in [2.24, 2.45) is 0 Å². The van der Waals surface area contributed by atoms with Crippen molar-refractivity contribution in [2.75, 3.05) is 5.32 Å². The molecule has 4 nitrogen and oxygen atoms in total. The van der Waals surface area contributed by atoms with Gasteiger partial charge in [0.2, 0.25) is 0 Å². The molecule has 0 unspecified atom stereocenters. The number of amides is 1. The molecule has 2 aromatic carbocycles. The van der Waals surface area contributed by atoms with E-state index in [1.165, 1.54) is 0 Å². The molecule has 2 atom stereocenters. The molecular weight excluding hydrogens is 254 g/mol. The van der Waals surface area contributed by atoms with E-state index in [0.717, 1.165) is 17.2 Å². The van der Waals surface area contributed by atoms with E-state index in [-0.39, 0.29) is 0 Å². The Morgan fingerprint density at radius 1 is 1.25 bits per heavy atom. The van der Waals surface area contributed by atoms with E-state index < -0.39 is 18.1 Å². The zero-order valence-corrected chi connectivity index (χ0v) is 11.3. The van der Waals surface area contributed by atoms with Gasteiger partial charge in [-0.2, -0.15) is 0 Å². The minimum absolute atomic E-state index is 0.404. The predicted molar refractivity (Wildman–Crippen MR) is 77.9 cm³/mol. The highest BCUT2D eigenvalue weighted by molar-refractivity contribution is 6.06. The summed E-state index contributed by atoms with van der Waals surface area (Å²) in [6.07, 6.45) is -0.151. The standard InChI is InChI=1S/C16H17NO3/c1-2-5-13-15(18)16(19)17-14-11-7-4-3-6-10(11)8-9-12(14)20-13/h3-4,6-9,13,15,18H,2,5H2,1H3,(H,17,19)/t13-,15-/m1/s1. The van der Waals surface area contributed by atoms with Crippen LogP contribution >= 0.6 is 0 Å². The molecule has 0 spiro atoms. The van der Waals surface area contributed by atoms with Crippen LogP contribution in [0.2, 0.25) is 0 Å². The first-order valence-corrected chi connectivity index (χ1v) is 6.88. The van der Waals surface area contributed by atoms with Crippen molar-refractivity contribution in [3.8, 4) is 5.75 Å². The topological polar surface area (TPSA) is 58.6 Å². The zero-order chi connectivity index (χ0) is 14.1. The van der Waals surface area contributed by atoms with Crippen LogP contribution in [0.15, 0.2) is 36.4 Å². The second-order valence-corrected chi connectivity index (χ2v) is 5.04. The van der Waals surface area contributed by atoms with Crippen LogP contribution in [0.1, 0.15) is 19.8 Å². The van der Waals surface area contributed by atoms with Gasteiger partial charge in [-0.15, -0.1) is 0 Å². The van der Waals surface area contributed by atoms with Gasteiger partial charge in [0.15, 0.2) is 6.10 Å². The lowest BCUT2D eigenvalue weighted by Gasteiger charge is -2.19. The summed E-state index contributed by atoms with van der Waals surface area (Å²) in [7, 11) is 0. The van der Waals surface area contributed by atoms with Gasteiger partial charge >= 0.3 is 0 Å². The number of nitrogens with one attached hydrogen (secondary N) is 1. The van der Waals surface area contributed by atoms with Crippen LogP contribution in [0.4, 0.5) is 5.69 Å². The van der Waals surface area contributed by atoms with Gasteiger partial charge in [0, 0.05) is 5.39 Å². The number of ether oxygens (including phenoxy) is 1. The highest BCUT2D eigenvalue weighted by Crippen LogP contribution is 2.36. The molecule has 0 fully saturated rings. The molecule has 20 heavy (non-hydrogen) atoms. The number of aliphatic hydroxyl groups excluding tert-OH is 1. The van der Waals surface area contributed by atoms with Crippen LogP contribution in [0, 0.1) is 0 Å². The second kappa shape index (κ2) is 5.13. The van der Waals surface area contributed by atoms with Crippen molar-refractivity contribution in [3.05, 3.63) is 36.4 Å². The Balaban J connectivity index is 2.12. The molecule has 0 bridgehead atoms. The largest absolute Gasteiger partial charge is 0.485 e. The minimum Gasteiger partial charge on any atom is -0.485 e. The Morgan fingerprint density at radius 2 is 2.05 bits per heavy atom. The van der Waals surface area contributed by atoms with Crippen molar-refractivity contribution in [2.45, 2.75) is 32.0 Å². The summed E-state index contributed by atoms with van der Waals surface area (Å²) in [6.45, 7) is 2.00. The number of rotatable bonds is 2. The van der Waals surface area contributed by atoms with Gasteiger partial charge in [-0.1, -0.05) is 43.7 Å². The van der Waals surface area contributed by atoms with E-state index in [4.69, 9.17) is 4.74 Å². The lowest BCUT2D eigenvalue weighted by molar-refractivity contribution is -0.128. The number of hydrogen-bond donors (Lipinski definition) is 2. The number of fused-ring (bicyclic) bond motifs is 3. The molecule has 1 heterocycles. The number of anilines is 1. The molecule has 1 amide bonds. The van der Waals surface area contributed by atoms with Crippen molar-refractivity contribution < 1.29 is 14.6 Å². The fourth-order valence-electron chi connectivity index (χ4n) is 2.57. The highest BCUT2D eigenvalue weighted by atomic mass is 16.5. The van der Waals surface area contributed by atoms with E-state index in [1.807, 2.05) is 43.3 Å². The fourth-order valence-corrected chi connectivity index (χ4v) is 2.57. The third-order valence-electron chi connectivity index (χ3n) is 3.61. The molecule has 0 radical (unpaired) electrons. The monoisotopic (exact) mass is 271 g/mol. The Morgan fingerprint density at radius 3 is 2.85 bits per heavy atom. The van der Waals surface area contributed by atoms with Crippen LogP contribution in [0.3, 0.4) is 0 Å². The van der Waals surface area contributed by atoms with Crippen molar-refractivity contribution in [1.29, 1.82) is 0 Å². The third kappa shape index (κ3) is 2.12. The molecule has 4 heteroatoms. The summed E-state index contributed by atoms with van der Waals surface area (Å²) in [5, 5.41) is 14.8. The average Bonchev–Trinajstić information content (AvgIpc) is 2.58. The number of benzene rings is 2. The van der Waals surface area contributed by atoms with Crippen LogP contribution < -0.4 is 10.1 Å². The number of carbonyl (C=O) groups excluding carboxylic acids is 1. The van der Waals surface area contributed by atoms with E-state index in [9.17, 15) is 9.90 Å². The molecular formula is C16H17NO3. The van der Waals surface area contributed by atoms with Crippen molar-refractivity contribution in [1.82, 2.24) is 0 Å². The van der Waals surface area contributed by atoms with Crippen LogP contribution in [0.5, 0.6) is 5.75 Å². The molecule has 0 saturated heterocycles. The van der Waals surface area contributed by atoms with Gasteiger partial charge in [-0.25, -0.2) is 0 Å². The van der Waals surface area contributed by atoms with E-state index >= 15 is 0 Å². The minimum atomic E-state index is -1.14. The Hall–Kier alpha value is -2.07. The molecule has 2 N–H and O–H groups in total. The molecule has 3 rings (SSSR count). The molecule has 0 aromatic heterocycles. The van der Waals surface area contributed by atoms with E-state index in [2.05, 4.69) is 5.32 Å². The van der Waals surface area contributed by atoms with Crippen molar-refractivity contribution in [3.63, 3.8) is 0 Å². The highest BCUT2D eigenvalue weighted by Gasteiger charge is 2.32. The first-order valence-electron chi connectivity index (χ1n) is 6.88. The Bertz CT molecular complexity index is 653. The maximum atomic E-state index is 12.1. The Kier molecular flexibility index (Phi) is 3.32. The summed E-state index contributed by atoms with van der Waals surface area (Å²) < 4.78 is 5.85. The summed E-state index contributed by atoms with van der Waals surface area (Å²) in [4.78, 5) is 12.1. The molecule has 104 valence electrons. The maximum absolute atomic E-state index is 12.1. The molecule has 1 aliphatic heterocycles. The first kappa shape index (κ1) is 12.9. The van der Waals surface area contributed by atoms with Crippen LogP contribution in [0.25, 0.3) is 10.8 Å². The van der Waals surface area contributed by atoms with Crippen LogP contribution in [-0.4, -0.2) is 23.2 Å². The van der Waals surface area contributed by atoms with Gasteiger partial charge in [0.25, 0.3) is 5.91 Å². The van der Waals surface area contributed by atoms with Gasteiger partial charge in [-0.05, 0) is 17.9 Å². The number of hydrogen-bond acceptors (Lipinski definition) is 3. The van der Waals surface area contributed by atoms with Gasteiger partial charge in [0.1, 0.15) is 11.9 Å². The van der Waals surface area contributed by atoms with Gasteiger partial charge in [0.05, 0.1) is 5.69 Å². The molecule has 2 aromatic rings. The molecule has 1 aliphatic rings. The molecule has 0 saturated carbocycles. The summed E-state index contributed by atoms with van der Waals surface area (Å²) >= 11 is 0. The number of aliphatic hydroxyl groups is 1. The lowest BCUT2D eigenvalue weighted by Crippen LogP contribution is -2.39. The summed E-state index contributed by atoms with van der Waals surface area (Å²) in [5.74, 6) is 0.214. The maximum Gasteiger partial charge on any atom is 0.257 e. The molecule has 0 aliphatic carbocycles. The zero-order valence-electron chi connectivity index (χ0n) is 11.3. The van der Waals surface area contributed by atoms with E-state index in [0.29, 0.717) is 17.9 Å². The quantitative estimate of drug-likeness (QED) is 0.883. The van der Waals surface area contributed by atoms with Crippen LogP contribution in [-0.2, 0) is 4.79 Å². The van der Waals surface area contributed by atoms with Gasteiger partial charge < -0.3 is 15.2 Å². The lowest BCUT2D eigenvalue weighted by atomic mass is 10.1. The van der Waals surface area contributed by atoms with Crippen molar-refractivity contribution >= 4 is 22.4 Å². The fraction of sp³-hybridized carbons (Fsp3) is 0.312. The number of carbonyl (C=O) groups is 1. The summed E-state index contributed by atoms with van der Waals surface area (Å²) in [5.41, 5.74) is 0.644. The first-order chi connectivity index (χ1) is 9.70.